The predicted octanol–water partition coefficient (Wildman–Crippen LogP) is 5.31. The van der Waals surface area contributed by atoms with Crippen LogP contribution in [0.15, 0.2) is 69.9 Å². The number of hydrogen-bond acceptors (Lipinski definition) is 6. The number of carbonyl (C=O) groups is 1. The van der Waals surface area contributed by atoms with Gasteiger partial charge in [0.05, 0.1) is 30.7 Å². The summed E-state index contributed by atoms with van der Waals surface area (Å²) in [6.07, 6.45) is 0. The Labute approximate surface area is 185 Å². The minimum atomic E-state index is -0.481. The molecule has 4 aromatic rings. The van der Waals surface area contributed by atoms with E-state index in [9.17, 15) is 9.59 Å². The van der Waals surface area contributed by atoms with Crippen molar-refractivity contribution in [2.45, 2.75) is 13.8 Å². The molecule has 32 heavy (non-hydrogen) atoms. The number of esters is 1. The molecule has 0 unspecified atom stereocenters. The molecule has 0 aliphatic carbocycles. The van der Waals surface area contributed by atoms with Crippen LogP contribution < -0.4 is 19.6 Å². The highest BCUT2D eigenvalue weighted by atomic mass is 16.5. The average Bonchev–Trinajstić information content (AvgIpc) is 2.79. The van der Waals surface area contributed by atoms with E-state index in [4.69, 9.17) is 18.6 Å². The standard InChI is InChI=1S/C26H22O6/c1-15-5-7-17(8-6-15)26(28)32-19-10-11-20-22(14-19)31-16(2)24(25(20)27)18-9-12-21(29-3)23(13-18)30-4/h5-14H,1-4H3. The number of fused-ring (bicyclic) bond motifs is 1. The van der Waals surface area contributed by atoms with Crippen molar-refractivity contribution >= 4 is 16.9 Å². The Bertz CT molecular complexity index is 1370. The Morgan fingerprint density at radius 3 is 2.25 bits per heavy atom. The maximum atomic E-state index is 13.3. The Morgan fingerprint density at radius 1 is 0.844 bits per heavy atom. The van der Waals surface area contributed by atoms with Crippen molar-refractivity contribution in [3.8, 4) is 28.4 Å². The molecule has 0 amide bonds. The smallest absolute Gasteiger partial charge is 0.343 e. The van der Waals surface area contributed by atoms with Crippen molar-refractivity contribution in [2.75, 3.05) is 14.2 Å². The first-order valence-corrected chi connectivity index (χ1v) is 10.00. The zero-order valence-corrected chi connectivity index (χ0v) is 18.2. The second-order valence-electron chi connectivity index (χ2n) is 7.35. The van der Waals surface area contributed by atoms with E-state index in [-0.39, 0.29) is 5.43 Å². The summed E-state index contributed by atoms with van der Waals surface area (Å²) in [6, 6.07) is 17.1. The van der Waals surface area contributed by atoms with Gasteiger partial charge < -0.3 is 18.6 Å². The molecule has 1 heterocycles. The quantitative estimate of drug-likeness (QED) is 0.315. The molecule has 0 N–H and O–H groups in total. The van der Waals surface area contributed by atoms with Gasteiger partial charge in [-0.3, -0.25) is 4.79 Å². The normalized spacial score (nSPS) is 10.8. The van der Waals surface area contributed by atoms with Gasteiger partial charge in [0.1, 0.15) is 17.1 Å². The fourth-order valence-electron chi connectivity index (χ4n) is 3.53. The minimum Gasteiger partial charge on any atom is -0.493 e. The molecule has 0 aliphatic heterocycles. The number of hydrogen-bond donors (Lipinski definition) is 0. The average molecular weight is 430 g/mol. The first kappa shape index (κ1) is 21.2. The Balaban J connectivity index is 1.71. The maximum Gasteiger partial charge on any atom is 0.343 e. The van der Waals surface area contributed by atoms with Gasteiger partial charge in [-0.1, -0.05) is 23.8 Å². The van der Waals surface area contributed by atoms with Crippen LogP contribution in [-0.2, 0) is 0 Å². The lowest BCUT2D eigenvalue weighted by Gasteiger charge is -2.12. The van der Waals surface area contributed by atoms with Crippen LogP contribution in [0, 0.1) is 13.8 Å². The number of ether oxygens (including phenoxy) is 3. The number of aryl methyl sites for hydroxylation is 2. The zero-order valence-electron chi connectivity index (χ0n) is 18.2. The molecule has 3 aromatic carbocycles. The van der Waals surface area contributed by atoms with Crippen molar-refractivity contribution in [1.82, 2.24) is 0 Å². The van der Waals surface area contributed by atoms with Crippen LogP contribution >= 0.6 is 0 Å². The molecule has 0 radical (unpaired) electrons. The van der Waals surface area contributed by atoms with Crippen LogP contribution in [0.1, 0.15) is 21.7 Å². The molecule has 1 aromatic heterocycles. The summed E-state index contributed by atoms with van der Waals surface area (Å²) in [5, 5.41) is 0.385. The molecule has 0 atom stereocenters. The lowest BCUT2D eigenvalue weighted by molar-refractivity contribution is 0.0735. The molecular formula is C26H22O6. The highest BCUT2D eigenvalue weighted by Crippen LogP contribution is 2.33. The van der Waals surface area contributed by atoms with E-state index in [1.165, 1.54) is 7.11 Å². The number of rotatable bonds is 5. The van der Waals surface area contributed by atoms with Crippen LogP contribution in [0.3, 0.4) is 0 Å². The lowest BCUT2D eigenvalue weighted by atomic mass is 10.0. The van der Waals surface area contributed by atoms with E-state index < -0.39 is 5.97 Å². The van der Waals surface area contributed by atoms with Gasteiger partial charge in [-0.25, -0.2) is 4.79 Å². The minimum absolute atomic E-state index is 0.188. The summed E-state index contributed by atoms with van der Waals surface area (Å²) in [5.74, 6) is 1.34. The van der Waals surface area contributed by atoms with E-state index in [0.29, 0.717) is 50.7 Å². The maximum absolute atomic E-state index is 13.3. The van der Waals surface area contributed by atoms with Crippen LogP contribution in [0.5, 0.6) is 17.2 Å². The molecule has 4 rings (SSSR count). The van der Waals surface area contributed by atoms with Gasteiger partial charge in [0, 0.05) is 6.07 Å². The van der Waals surface area contributed by atoms with Crippen molar-refractivity contribution in [3.05, 3.63) is 87.8 Å². The molecule has 162 valence electrons. The molecular weight excluding hydrogens is 408 g/mol. The van der Waals surface area contributed by atoms with Crippen molar-refractivity contribution in [1.29, 1.82) is 0 Å². The van der Waals surface area contributed by atoms with Gasteiger partial charge in [0.25, 0.3) is 0 Å². The molecule has 0 spiro atoms. The summed E-state index contributed by atoms with van der Waals surface area (Å²) in [6.45, 7) is 3.66. The van der Waals surface area contributed by atoms with Gasteiger partial charge in [0.15, 0.2) is 11.5 Å². The molecule has 6 heteroatoms. The highest BCUT2D eigenvalue weighted by molar-refractivity contribution is 5.92. The Hall–Kier alpha value is -4.06. The summed E-state index contributed by atoms with van der Waals surface area (Å²) in [5.41, 5.74) is 2.73. The zero-order chi connectivity index (χ0) is 22.8. The summed E-state index contributed by atoms with van der Waals surface area (Å²) in [4.78, 5) is 25.7. The Morgan fingerprint density at radius 2 is 1.56 bits per heavy atom. The summed E-state index contributed by atoms with van der Waals surface area (Å²) in [7, 11) is 3.09. The van der Waals surface area contributed by atoms with Crippen LogP contribution in [0.4, 0.5) is 0 Å². The van der Waals surface area contributed by atoms with Crippen molar-refractivity contribution in [3.63, 3.8) is 0 Å². The van der Waals surface area contributed by atoms with E-state index >= 15 is 0 Å². The first-order chi connectivity index (χ1) is 15.4. The Kier molecular flexibility index (Phi) is 5.69. The van der Waals surface area contributed by atoms with Crippen molar-refractivity contribution in [2.24, 2.45) is 0 Å². The van der Waals surface area contributed by atoms with E-state index in [1.54, 1.807) is 62.6 Å². The second kappa shape index (κ2) is 8.59. The second-order valence-corrected chi connectivity index (χ2v) is 7.35. The molecule has 0 bridgehead atoms. The monoisotopic (exact) mass is 430 g/mol. The van der Waals surface area contributed by atoms with Gasteiger partial charge in [-0.2, -0.15) is 0 Å². The number of methoxy groups -OCH3 is 2. The van der Waals surface area contributed by atoms with Crippen LogP contribution in [-0.4, -0.2) is 20.2 Å². The SMILES string of the molecule is COc1ccc(-c2c(C)oc3cc(OC(=O)c4ccc(C)cc4)ccc3c2=O)cc1OC. The van der Waals surface area contributed by atoms with E-state index in [0.717, 1.165) is 5.56 Å². The predicted molar refractivity (Wildman–Crippen MR) is 122 cm³/mol. The third-order valence-corrected chi connectivity index (χ3v) is 5.21. The van der Waals surface area contributed by atoms with Gasteiger partial charge >= 0.3 is 5.97 Å². The fourth-order valence-corrected chi connectivity index (χ4v) is 3.53. The molecule has 0 saturated carbocycles. The summed E-state index contributed by atoms with van der Waals surface area (Å²) >= 11 is 0. The van der Waals surface area contributed by atoms with E-state index in [2.05, 4.69) is 0 Å². The highest BCUT2D eigenvalue weighted by Gasteiger charge is 2.17. The van der Waals surface area contributed by atoms with Gasteiger partial charge in [-0.15, -0.1) is 0 Å². The summed E-state index contributed by atoms with van der Waals surface area (Å²) < 4.78 is 22.0. The van der Waals surface area contributed by atoms with Gasteiger partial charge in [0.2, 0.25) is 5.43 Å². The van der Waals surface area contributed by atoms with Gasteiger partial charge in [-0.05, 0) is 55.8 Å². The molecule has 0 saturated heterocycles. The molecule has 6 nitrogen and oxygen atoms in total. The van der Waals surface area contributed by atoms with E-state index in [1.807, 2.05) is 19.1 Å². The van der Waals surface area contributed by atoms with Crippen molar-refractivity contribution < 1.29 is 23.4 Å². The largest absolute Gasteiger partial charge is 0.493 e. The van der Waals surface area contributed by atoms with Crippen LogP contribution in [0.2, 0.25) is 0 Å². The lowest BCUT2D eigenvalue weighted by Crippen LogP contribution is -2.10. The number of benzene rings is 3. The topological polar surface area (TPSA) is 75.0 Å². The first-order valence-electron chi connectivity index (χ1n) is 10.00. The molecule has 0 fully saturated rings. The third-order valence-electron chi connectivity index (χ3n) is 5.21. The fraction of sp³-hybridized carbons (Fsp3) is 0.154. The third kappa shape index (κ3) is 3.95. The van der Waals surface area contributed by atoms with Crippen LogP contribution in [0.25, 0.3) is 22.1 Å². The molecule has 0 aliphatic rings. The number of carbonyl (C=O) groups excluding carboxylic acids is 1.